The molecule has 6 aromatic rings. The van der Waals surface area contributed by atoms with Crippen LogP contribution in [0.2, 0.25) is 0 Å². The van der Waals surface area contributed by atoms with Crippen LogP contribution in [0.4, 0.5) is 11.4 Å². The summed E-state index contributed by atoms with van der Waals surface area (Å²) in [6, 6.07) is 43.9. The monoisotopic (exact) mass is 622 g/mol. The summed E-state index contributed by atoms with van der Waals surface area (Å²) in [4.78, 5) is 6.83. The third-order valence-electron chi connectivity index (χ3n) is 7.37. The normalized spacial score (nSPS) is 9.83. The van der Waals surface area contributed by atoms with Gasteiger partial charge in [0.25, 0.3) is 0 Å². The van der Waals surface area contributed by atoms with E-state index < -0.39 is 0 Å². The van der Waals surface area contributed by atoms with Crippen molar-refractivity contribution >= 4 is 11.4 Å². The Morgan fingerprint density at radius 2 is 0.958 bits per heavy atom. The van der Waals surface area contributed by atoms with Crippen LogP contribution >= 0.6 is 0 Å². The van der Waals surface area contributed by atoms with E-state index in [9.17, 15) is 5.26 Å². The van der Waals surface area contributed by atoms with Gasteiger partial charge in [-0.05, 0) is 88.8 Å². The van der Waals surface area contributed by atoms with Crippen LogP contribution in [0, 0.1) is 35.8 Å². The molecule has 0 bridgehead atoms. The van der Waals surface area contributed by atoms with Gasteiger partial charge in [-0.25, -0.2) is 0 Å². The van der Waals surface area contributed by atoms with Crippen LogP contribution in [-0.4, -0.2) is 10.2 Å². The number of hydrogen-bond donors (Lipinski definition) is 2. The molecule has 6 aromatic carbocycles. The van der Waals surface area contributed by atoms with Crippen LogP contribution in [0.3, 0.4) is 0 Å². The first kappa shape index (κ1) is 32.1. The number of phenols is 2. The summed E-state index contributed by atoms with van der Waals surface area (Å²) in [5, 5.41) is 36.4. The molecule has 0 radical (unpaired) electrons. The van der Waals surface area contributed by atoms with Gasteiger partial charge in [-0.2, -0.15) is 10.5 Å². The third-order valence-corrected chi connectivity index (χ3v) is 7.37. The predicted octanol–water partition coefficient (Wildman–Crippen LogP) is 10.3. The van der Waals surface area contributed by atoms with Crippen molar-refractivity contribution in [2.75, 3.05) is 0 Å². The summed E-state index contributed by atoms with van der Waals surface area (Å²) in [7, 11) is 0. The van der Waals surface area contributed by atoms with Gasteiger partial charge < -0.3 is 14.9 Å². The van der Waals surface area contributed by atoms with Crippen LogP contribution in [0.25, 0.3) is 31.9 Å². The van der Waals surface area contributed by atoms with Gasteiger partial charge in [0, 0.05) is 0 Å². The average molecular weight is 623 g/mol. The second kappa shape index (κ2) is 15.1. The number of rotatable bonds is 6. The van der Waals surface area contributed by atoms with E-state index in [-0.39, 0.29) is 17.1 Å². The minimum Gasteiger partial charge on any atom is -0.508 e. The van der Waals surface area contributed by atoms with Crippen molar-refractivity contribution in [2.45, 2.75) is 6.42 Å². The molecule has 0 fully saturated rings. The Kier molecular flexibility index (Phi) is 10.1. The molecule has 0 atom stereocenters. The third kappa shape index (κ3) is 8.03. The van der Waals surface area contributed by atoms with Crippen LogP contribution in [-0.2, 0) is 6.42 Å². The lowest BCUT2D eigenvalue weighted by Crippen LogP contribution is -1.89. The number of benzene rings is 6. The molecule has 0 saturated heterocycles. The average Bonchev–Trinajstić information content (AvgIpc) is 3.13. The van der Waals surface area contributed by atoms with E-state index in [1.54, 1.807) is 54.6 Å². The lowest BCUT2D eigenvalue weighted by atomic mass is 10.00. The summed E-state index contributed by atoms with van der Waals surface area (Å²) < 4.78 is 5.83. The highest BCUT2D eigenvalue weighted by Gasteiger charge is 2.07. The van der Waals surface area contributed by atoms with Gasteiger partial charge in [0.1, 0.15) is 35.1 Å². The van der Waals surface area contributed by atoms with E-state index in [1.165, 1.54) is 0 Å². The first-order valence-corrected chi connectivity index (χ1v) is 14.7. The topological polar surface area (TPSA) is 106 Å². The largest absolute Gasteiger partial charge is 0.508 e. The number of ether oxygens (including phenoxy) is 1. The van der Waals surface area contributed by atoms with Crippen LogP contribution in [0.1, 0.15) is 22.3 Å². The summed E-state index contributed by atoms with van der Waals surface area (Å²) in [6.45, 7) is 14.4. The molecule has 0 amide bonds. The van der Waals surface area contributed by atoms with E-state index in [2.05, 4.69) is 21.8 Å². The minimum absolute atomic E-state index is 0.257. The van der Waals surface area contributed by atoms with Gasteiger partial charge in [0.2, 0.25) is 0 Å². The molecule has 7 heteroatoms. The first-order chi connectivity index (χ1) is 23.4. The molecule has 7 nitrogen and oxygen atoms in total. The zero-order valence-corrected chi connectivity index (χ0v) is 25.5. The molecular weight excluding hydrogens is 596 g/mol. The first-order valence-electron chi connectivity index (χ1n) is 14.7. The van der Waals surface area contributed by atoms with Crippen LogP contribution < -0.4 is 4.74 Å². The minimum atomic E-state index is 0.257. The molecule has 0 aliphatic rings. The Hall–Kier alpha value is -7.32. The highest BCUT2D eigenvalue weighted by atomic mass is 16.5. The van der Waals surface area contributed by atoms with Gasteiger partial charge in [-0.1, -0.05) is 84.4 Å². The van der Waals surface area contributed by atoms with Gasteiger partial charge in [-0.15, -0.1) is 0 Å². The van der Waals surface area contributed by atoms with E-state index in [0.717, 1.165) is 33.4 Å². The molecule has 0 unspecified atom stereocenters. The maximum Gasteiger partial charge on any atom is 0.194 e. The fourth-order valence-corrected chi connectivity index (χ4v) is 4.85. The molecule has 0 saturated carbocycles. The Bertz CT molecular complexity index is 2050. The van der Waals surface area contributed by atoms with Crippen molar-refractivity contribution in [1.82, 2.24) is 0 Å². The van der Waals surface area contributed by atoms with Crippen molar-refractivity contribution < 1.29 is 14.9 Å². The van der Waals surface area contributed by atoms with E-state index in [0.29, 0.717) is 34.9 Å². The van der Waals surface area contributed by atoms with Crippen molar-refractivity contribution in [1.29, 1.82) is 10.5 Å². The summed E-state index contributed by atoms with van der Waals surface area (Å²) in [6.07, 6.45) is 0.684. The van der Waals surface area contributed by atoms with Gasteiger partial charge in [0.05, 0.1) is 24.3 Å². The van der Waals surface area contributed by atoms with Gasteiger partial charge in [-0.3, -0.25) is 9.69 Å². The molecular formula is C41H26N4O3. The molecule has 2 N–H and O–H groups in total. The molecule has 0 aromatic heterocycles. The van der Waals surface area contributed by atoms with Crippen molar-refractivity contribution in [2.24, 2.45) is 0 Å². The fourth-order valence-electron chi connectivity index (χ4n) is 4.85. The standard InChI is InChI=1S/C29H16N4O.C12H10O2/c1-32-28-14-5-21(16-29(28)33-2)15-20-3-6-22(7-4-20)23-8-11-26(12-9-23)34-27-13-10-24(18-30)25(17-27)19-31;13-11-5-1-9(2-6-11)10-3-7-12(14)8-4-10/h3-14,16-17H,15H2;1-8,13-14H. The molecule has 48 heavy (non-hydrogen) atoms. The molecule has 228 valence electrons. The van der Waals surface area contributed by atoms with Crippen LogP contribution in [0.15, 0.2) is 133 Å². The number of phenolic OH excluding ortho intramolecular Hbond substituents is 2. The highest BCUT2D eigenvalue weighted by Crippen LogP contribution is 2.31. The molecule has 0 spiro atoms. The summed E-state index contributed by atoms with van der Waals surface area (Å²) in [5.74, 6) is 1.64. The number of nitrogens with zero attached hydrogens (tertiary/aromatic N) is 4. The van der Waals surface area contributed by atoms with Gasteiger partial charge >= 0.3 is 0 Å². The van der Waals surface area contributed by atoms with Gasteiger partial charge in [0.15, 0.2) is 11.4 Å². The molecule has 0 aliphatic heterocycles. The Morgan fingerprint density at radius 3 is 1.46 bits per heavy atom. The zero-order valence-electron chi connectivity index (χ0n) is 25.5. The van der Waals surface area contributed by atoms with Crippen molar-refractivity contribution in [3.8, 4) is 57.4 Å². The number of aromatic hydroxyl groups is 2. The van der Waals surface area contributed by atoms with Crippen LogP contribution in [0.5, 0.6) is 23.0 Å². The van der Waals surface area contributed by atoms with Crippen molar-refractivity contribution in [3.05, 3.63) is 179 Å². The number of hydrogen-bond acceptors (Lipinski definition) is 5. The maximum absolute atomic E-state index is 9.17. The van der Waals surface area contributed by atoms with E-state index in [4.69, 9.17) is 33.4 Å². The fraction of sp³-hybridized carbons (Fsp3) is 0.0244. The highest BCUT2D eigenvalue weighted by molar-refractivity contribution is 5.71. The Morgan fingerprint density at radius 1 is 0.500 bits per heavy atom. The Balaban J connectivity index is 0.000000267. The smallest absolute Gasteiger partial charge is 0.194 e. The second-order valence-corrected chi connectivity index (χ2v) is 10.6. The lowest BCUT2D eigenvalue weighted by Gasteiger charge is -2.09. The number of nitriles is 2. The van der Waals surface area contributed by atoms with Crippen molar-refractivity contribution in [3.63, 3.8) is 0 Å². The Labute approximate surface area is 278 Å². The molecule has 0 heterocycles. The lowest BCUT2D eigenvalue weighted by molar-refractivity contribution is 0.474. The van der Waals surface area contributed by atoms with E-state index in [1.807, 2.05) is 78.9 Å². The van der Waals surface area contributed by atoms with E-state index >= 15 is 0 Å². The predicted molar refractivity (Wildman–Crippen MR) is 185 cm³/mol. The summed E-state index contributed by atoms with van der Waals surface area (Å²) in [5.41, 5.74) is 7.61. The second-order valence-electron chi connectivity index (χ2n) is 10.6. The summed E-state index contributed by atoms with van der Waals surface area (Å²) >= 11 is 0. The molecule has 0 aliphatic carbocycles. The maximum atomic E-state index is 9.17. The molecule has 6 rings (SSSR count). The SMILES string of the molecule is Oc1ccc(-c2ccc(O)cc2)cc1.[C-]#[N+]c1ccc(Cc2ccc(-c3ccc(Oc4ccc(C#N)c(C#N)c4)cc3)cc2)cc1[N+]#[C-]. The zero-order chi connectivity index (χ0) is 33.9. The quantitative estimate of drug-likeness (QED) is 0.180.